The Morgan fingerprint density at radius 1 is 1.21 bits per heavy atom. The van der Waals surface area contributed by atoms with E-state index in [2.05, 4.69) is 11.4 Å². The number of carbonyl (C=O) groups excluding carboxylic acids is 2. The van der Waals surface area contributed by atoms with E-state index >= 15 is 0 Å². The fourth-order valence-electron chi connectivity index (χ4n) is 3.33. The fraction of sp³-hybridized carbons (Fsp3) is 0.273. The van der Waals surface area contributed by atoms with E-state index in [1.807, 2.05) is 18.2 Å². The van der Waals surface area contributed by atoms with Crippen LogP contribution in [-0.4, -0.2) is 22.9 Å². The van der Waals surface area contributed by atoms with Crippen molar-refractivity contribution in [2.45, 2.75) is 38.3 Å². The van der Waals surface area contributed by atoms with Gasteiger partial charge in [0.2, 0.25) is 0 Å². The molecule has 7 nitrogen and oxygen atoms in total. The van der Waals surface area contributed by atoms with Crippen molar-refractivity contribution in [1.29, 1.82) is 0 Å². The van der Waals surface area contributed by atoms with Crippen molar-refractivity contribution in [3.05, 3.63) is 81.4 Å². The van der Waals surface area contributed by atoms with Gasteiger partial charge >= 0.3 is 5.97 Å². The van der Waals surface area contributed by atoms with Crippen molar-refractivity contribution in [3.8, 4) is 0 Å². The first-order valence-electron chi connectivity index (χ1n) is 9.45. The first-order valence-corrected chi connectivity index (χ1v) is 9.45. The molecule has 0 saturated carbocycles. The molecule has 0 saturated heterocycles. The third-order valence-corrected chi connectivity index (χ3v) is 4.86. The molecule has 7 heteroatoms. The van der Waals surface area contributed by atoms with Gasteiger partial charge in [-0.3, -0.25) is 14.9 Å². The van der Waals surface area contributed by atoms with E-state index in [0.717, 1.165) is 24.8 Å². The second-order valence-corrected chi connectivity index (χ2v) is 6.91. The molecule has 1 N–H and O–H groups in total. The number of nitrogens with one attached hydrogen (secondary N) is 1. The number of aryl methyl sites for hydroxylation is 1. The lowest BCUT2D eigenvalue weighted by atomic mass is 9.87. The molecule has 0 spiro atoms. The Balaban J connectivity index is 1.54. The molecule has 0 radical (unpaired) electrons. The number of nitro groups is 1. The number of nitro benzene ring substituents is 1. The van der Waals surface area contributed by atoms with Gasteiger partial charge in [0, 0.05) is 18.2 Å². The lowest BCUT2D eigenvalue weighted by molar-refractivity contribution is -0.384. The van der Waals surface area contributed by atoms with Crippen molar-refractivity contribution in [1.82, 2.24) is 5.32 Å². The average molecular weight is 394 g/mol. The Bertz CT molecular complexity index is 936. The standard InChI is InChI=1S/C22H22N2O5/c1-15(22(26)23-20-8-4-6-17-5-2-3-7-19(17)20)29-21(25)14-11-16-9-12-18(13-10-16)24(27)28/h2-3,5,7,9-15,20H,4,6,8H2,1H3,(H,23,26)/b14-11+/t15-,20+/m0/s1. The van der Waals surface area contributed by atoms with Crippen LogP contribution in [-0.2, 0) is 20.7 Å². The highest BCUT2D eigenvalue weighted by Gasteiger charge is 2.24. The quantitative estimate of drug-likeness (QED) is 0.348. The van der Waals surface area contributed by atoms with E-state index in [0.29, 0.717) is 5.56 Å². The van der Waals surface area contributed by atoms with Gasteiger partial charge in [-0.05, 0) is 61.1 Å². The Morgan fingerprint density at radius 2 is 1.93 bits per heavy atom. The van der Waals surface area contributed by atoms with Crippen LogP contribution in [0.3, 0.4) is 0 Å². The summed E-state index contributed by atoms with van der Waals surface area (Å²) in [5.74, 6) is -1.00. The number of benzene rings is 2. The summed E-state index contributed by atoms with van der Waals surface area (Å²) in [6.45, 7) is 1.53. The van der Waals surface area contributed by atoms with Gasteiger partial charge in [0.1, 0.15) is 0 Å². The van der Waals surface area contributed by atoms with Crippen molar-refractivity contribution in [3.63, 3.8) is 0 Å². The van der Waals surface area contributed by atoms with E-state index in [4.69, 9.17) is 4.74 Å². The van der Waals surface area contributed by atoms with Gasteiger partial charge in [-0.1, -0.05) is 24.3 Å². The zero-order valence-electron chi connectivity index (χ0n) is 16.0. The second kappa shape index (κ2) is 9.14. The molecule has 2 aromatic carbocycles. The topological polar surface area (TPSA) is 98.5 Å². The van der Waals surface area contributed by atoms with Crippen LogP contribution in [0.2, 0.25) is 0 Å². The monoisotopic (exact) mass is 394 g/mol. The number of esters is 1. The Labute approximate surface area is 168 Å². The molecule has 0 bridgehead atoms. The third-order valence-electron chi connectivity index (χ3n) is 4.86. The maximum atomic E-state index is 12.5. The maximum absolute atomic E-state index is 12.5. The Hall–Kier alpha value is -3.48. The molecular formula is C22H22N2O5. The Kier molecular flexibility index (Phi) is 6.39. The van der Waals surface area contributed by atoms with Gasteiger partial charge in [0.25, 0.3) is 11.6 Å². The van der Waals surface area contributed by atoms with Crippen LogP contribution in [0.25, 0.3) is 6.08 Å². The molecule has 150 valence electrons. The lowest BCUT2D eigenvalue weighted by Gasteiger charge is -2.27. The van der Waals surface area contributed by atoms with Crippen LogP contribution in [0.4, 0.5) is 5.69 Å². The second-order valence-electron chi connectivity index (χ2n) is 6.91. The summed E-state index contributed by atoms with van der Waals surface area (Å²) in [5, 5.41) is 13.6. The molecule has 1 amide bonds. The number of nitrogens with zero attached hydrogens (tertiary/aromatic N) is 1. The van der Waals surface area contributed by atoms with Crippen molar-refractivity contribution in [2.24, 2.45) is 0 Å². The molecular weight excluding hydrogens is 372 g/mol. The molecule has 29 heavy (non-hydrogen) atoms. The van der Waals surface area contributed by atoms with Gasteiger partial charge in [0.05, 0.1) is 11.0 Å². The minimum Gasteiger partial charge on any atom is -0.449 e. The highest BCUT2D eigenvalue weighted by Crippen LogP contribution is 2.29. The summed E-state index contributed by atoms with van der Waals surface area (Å²) >= 11 is 0. The molecule has 0 aromatic heterocycles. The zero-order chi connectivity index (χ0) is 20.8. The highest BCUT2D eigenvalue weighted by atomic mass is 16.6. The van der Waals surface area contributed by atoms with E-state index in [1.54, 1.807) is 0 Å². The third kappa shape index (κ3) is 5.28. The summed E-state index contributed by atoms with van der Waals surface area (Å²) in [4.78, 5) is 34.6. The van der Waals surface area contributed by atoms with Gasteiger partial charge in [0.15, 0.2) is 6.10 Å². The van der Waals surface area contributed by atoms with Crippen molar-refractivity contribution >= 4 is 23.6 Å². The number of fused-ring (bicyclic) bond motifs is 1. The number of rotatable bonds is 6. The number of carbonyl (C=O) groups is 2. The first-order chi connectivity index (χ1) is 13.9. The van der Waals surface area contributed by atoms with E-state index in [9.17, 15) is 19.7 Å². The van der Waals surface area contributed by atoms with Crippen LogP contribution >= 0.6 is 0 Å². The SMILES string of the molecule is C[C@H](OC(=O)/C=C/c1ccc([N+](=O)[O-])cc1)C(=O)N[C@@H]1CCCc2ccccc21. The summed E-state index contributed by atoms with van der Waals surface area (Å²) in [5.41, 5.74) is 2.94. The fourth-order valence-corrected chi connectivity index (χ4v) is 3.33. The molecule has 2 atom stereocenters. The first kappa shape index (κ1) is 20.3. The largest absolute Gasteiger partial charge is 0.449 e. The number of amides is 1. The zero-order valence-corrected chi connectivity index (χ0v) is 16.0. The highest BCUT2D eigenvalue weighted by molar-refractivity contribution is 5.90. The molecule has 2 aromatic rings. The molecule has 3 rings (SSSR count). The van der Waals surface area contributed by atoms with E-state index in [1.165, 1.54) is 48.9 Å². The van der Waals surface area contributed by atoms with E-state index in [-0.39, 0.29) is 17.6 Å². The van der Waals surface area contributed by atoms with Crippen LogP contribution in [0.5, 0.6) is 0 Å². The van der Waals surface area contributed by atoms with E-state index < -0.39 is 17.0 Å². The molecule has 1 aliphatic rings. The molecule has 0 aliphatic heterocycles. The molecule has 0 unspecified atom stereocenters. The Morgan fingerprint density at radius 3 is 2.66 bits per heavy atom. The molecule has 0 fully saturated rings. The smallest absolute Gasteiger partial charge is 0.331 e. The average Bonchev–Trinajstić information content (AvgIpc) is 2.72. The number of hydrogen-bond acceptors (Lipinski definition) is 5. The van der Waals surface area contributed by atoms with Gasteiger partial charge < -0.3 is 10.1 Å². The minimum absolute atomic E-state index is 0.0284. The predicted molar refractivity (Wildman–Crippen MR) is 108 cm³/mol. The van der Waals surface area contributed by atoms with Crippen LogP contribution < -0.4 is 5.32 Å². The van der Waals surface area contributed by atoms with Gasteiger partial charge in [-0.2, -0.15) is 0 Å². The molecule has 1 aliphatic carbocycles. The van der Waals surface area contributed by atoms with Gasteiger partial charge in [-0.25, -0.2) is 4.79 Å². The molecule has 0 heterocycles. The summed E-state index contributed by atoms with van der Waals surface area (Å²) in [6.07, 6.45) is 4.59. The number of ether oxygens (including phenoxy) is 1. The summed E-state index contributed by atoms with van der Waals surface area (Å²) < 4.78 is 5.18. The number of hydrogen-bond donors (Lipinski definition) is 1. The maximum Gasteiger partial charge on any atom is 0.331 e. The van der Waals surface area contributed by atoms with Crippen molar-refractivity contribution < 1.29 is 19.2 Å². The van der Waals surface area contributed by atoms with Crippen molar-refractivity contribution in [2.75, 3.05) is 0 Å². The minimum atomic E-state index is -0.932. The lowest BCUT2D eigenvalue weighted by Crippen LogP contribution is -2.39. The summed E-state index contributed by atoms with van der Waals surface area (Å²) in [7, 11) is 0. The van der Waals surface area contributed by atoms with Crippen LogP contribution in [0, 0.1) is 10.1 Å². The summed E-state index contributed by atoms with van der Waals surface area (Å²) in [6, 6.07) is 13.7. The normalized spacial score (nSPS) is 16.7. The predicted octanol–water partition coefficient (Wildman–Crippen LogP) is 3.73. The van der Waals surface area contributed by atoms with Gasteiger partial charge in [-0.15, -0.1) is 0 Å². The number of non-ortho nitro benzene ring substituents is 1. The van der Waals surface area contributed by atoms with Crippen LogP contribution in [0.1, 0.15) is 42.5 Å². The van der Waals surface area contributed by atoms with Crippen LogP contribution in [0.15, 0.2) is 54.6 Å².